The topological polar surface area (TPSA) is 8.17 Å². The maximum absolute atomic E-state index is 2.53. The Labute approximate surface area is 454 Å². The van der Waals surface area contributed by atoms with Gasteiger partial charge in [0.2, 0.25) is 0 Å². The van der Waals surface area contributed by atoms with E-state index in [4.69, 9.17) is 0 Å². The minimum atomic E-state index is -0.452. The number of fused-ring (bicyclic) bond motifs is 13. The minimum absolute atomic E-state index is 0.150. The van der Waals surface area contributed by atoms with Crippen molar-refractivity contribution < 1.29 is 0 Å². The van der Waals surface area contributed by atoms with Gasteiger partial charge in [-0.1, -0.05) is 244 Å². The molecule has 2 heteroatoms. The summed E-state index contributed by atoms with van der Waals surface area (Å²) in [6, 6.07) is 104. The summed E-state index contributed by atoms with van der Waals surface area (Å²) < 4.78 is 2.53. The number of anilines is 3. The fourth-order valence-corrected chi connectivity index (χ4v) is 14.2. The van der Waals surface area contributed by atoms with Gasteiger partial charge in [0.15, 0.2) is 0 Å². The van der Waals surface area contributed by atoms with E-state index >= 15 is 0 Å². The fraction of sp³-hybridized carbons (Fsp3) is 0.0526. The first-order valence-corrected chi connectivity index (χ1v) is 27.3. The van der Waals surface area contributed by atoms with Crippen LogP contribution in [-0.2, 0) is 10.8 Å². The van der Waals surface area contributed by atoms with Gasteiger partial charge in [-0.15, -0.1) is 0 Å². The lowest BCUT2D eigenvalue weighted by atomic mass is 9.67. The van der Waals surface area contributed by atoms with Gasteiger partial charge in [0.1, 0.15) is 0 Å². The lowest BCUT2D eigenvalue weighted by Crippen LogP contribution is -2.28. The highest BCUT2D eigenvalue weighted by Gasteiger charge is 2.46. The third-order valence-corrected chi connectivity index (χ3v) is 17.6. The molecule has 0 fully saturated rings. The van der Waals surface area contributed by atoms with Crippen LogP contribution in [0.4, 0.5) is 17.1 Å². The Morgan fingerprint density at radius 3 is 1.67 bits per heavy atom. The lowest BCUT2D eigenvalue weighted by Gasteiger charge is -2.33. The zero-order valence-electron chi connectivity index (χ0n) is 43.5. The van der Waals surface area contributed by atoms with E-state index in [9.17, 15) is 0 Å². The summed E-state index contributed by atoms with van der Waals surface area (Å²) in [5, 5.41) is 9.75. The van der Waals surface area contributed by atoms with E-state index in [1.54, 1.807) is 0 Å². The first kappa shape index (κ1) is 44.5. The van der Waals surface area contributed by atoms with Crippen LogP contribution < -0.4 is 4.90 Å². The Morgan fingerprint density at radius 1 is 0.321 bits per heavy atom. The molecule has 14 aromatic rings. The molecule has 0 aliphatic heterocycles. The summed E-state index contributed by atoms with van der Waals surface area (Å²) in [5.41, 5.74) is 21.8. The van der Waals surface area contributed by atoms with Crippen molar-refractivity contribution in [1.82, 2.24) is 4.57 Å². The summed E-state index contributed by atoms with van der Waals surface area (Å²) in [5.74, 6) is 0. The van der Waals surface area contributed by atoms with E-state index < -0.39 is 5.41 Å². The number of rotatable bonds is 7. The Hall–Kier alpha value is -9.76. The van der Waals surface area contributed by atoms with E-state index in [1.165, 1.54) is 115 Å². The van der Waals surface area contributed by atoms with Crippen molar-refractivity contribution in [2.75, 3.05) is 4.90 Å². The van der Waals surface area contributed by atoms with Gasteiger partial charge in [0, 0.05) is 38.3 Å². The number of benzene rings is 13. The van der Waals surface area contributed by atoms with Crippen molar-refractivity contribution in [2.45, 2.75) is 24.7 Å². The Balaban J connectivity index is 0.904. The molecule has 13 aromatic carbocycles. The van der Waals surface area contributed by atoms with Crippen molar-refractivity contribution in [3.63, 3.8) is 0 Å². The molecule has 0 radical (unpaired) electrons. The second kappa shape index (κ2) is 16.9. The van der Waals surface area contributed by atoms with Gasteiger partial charge in [0.25, 0.3) is 0 Å². The van der Waals surface area contributed by atoms with Gasteiger partial charge in [-0.05, 0) is 137 Å². The minimum Gasteiger partial charge on any atom is -0.310 e. The number of nitrogens with zero attached hydrogens (tertiary/aromatic N) is 2. The summed E-state index contributed by atoms with van der Waals surface area (Å²) in [6.45, 7) is 4.75. The molecule has 2 aliphatic carbocycles. The van der Waals surface area contributed by atoms with Crippen LogP contribution in [0.15, 0.2) is 279 Å². The molecule has 2 aliphatic rings. The molecule has 0 saturated heterocycles. The maximum atomic E-state index is 2.53. The second-order valence-corrected chi connectivity index (χ2v) is 21.9. The predicted octanol–water partition coefficient (Wildman–Crippen LogP) is 20.0. The van der Waals surface area contributed by atoms with Crippen LogP contribution in [0.1, 0.15) is 47.2 Å². The van der Waals surface area contributed by atoms with Crippen molar-refractivity contribution in [1.29, 1.82) is 0 Å². The zero-order chi connectivity index (χ0) is 51.7. The van der Waals surface area contributed by atoms with Crippen molar-refractivity contribution in [3.8, 4) is 39.1 Å². The monoisotopic (exact) mass is 992 g/mol. The molecule has 0 saturated carbocycles. The van der Waals surface area contributed by atoms with Gasteiger partial charge in [-0.2, -0.15) is 0 Å². The number of hydrogen-bond acceptors (Lipinski definition) is 1. The van der Waals surface area contributed by atoms with Crippen LogP contribution >= 0.6 is 0 Å². The summed E-state index contributed by atoms with van der Waals surface area (Å²) in [4.78, 5) is 2.49. The first-order chi connectivity index (χ1) is 38.5. The first-order valence-electron chi connectivity index (χ1n) is 27.3. The number of para-hydroxylation sites is 1. The molecule has 366 valence electrons. The summed E-state index contributed by atoms with van der Waals surface area (Å²) >= 11 is 0. The molecular formula is C76H52N2. The molecule has 0 N–H and O–H groups in total. The van der Waals surface area contributed by atoms with Gasteiger partial charge in [0.05, 0.1) is 27.8 Å². The third-order valence-electron chi connectivity index (χ3n) is 17.6. The smallest absolute Gasteiger partial charge is 0.0713 e. The molecule has 1 heterocycles. The van der Waals surface area contributed by atoms with Gasteiger partial charge < -0.3 is 9.47 Å². The Bertz CT molecular complexity index is 4730. The highest BCUT2D eigenvalue weighted by Crippen LogP contribution is 2.57. The van der Waals surface area contributed by atoms with Gasteiger partial charge >= 0.3 is 0 Å². The molecule has 0 unspecified atom stereocenters. The van der Waals surface area contributed by atoms with Crippen LogP contribution in [0.25, 0.3) is 93.2 Å². The van der Waals surface area contributed by atoms with E-state index in [2.05, 4.69) is 302 Å². The average Bonchev–Trinajstić information content (AvgIpc) is 4.11. The molecule has 0 spiro atoms. The molecule has 1 aromatic heterocycles. The van der Waals surface area contributed by atoms with Crippen molar-refractivity contribution >= 4 is 71.2 Å². The van der Waals surface area contributed by atoms with Gasteiger partial charge in [-0.3, -0.25) is 0 Å². The van der Waals surface area contributed by atoms with Crippen molar-refractivity contribution in [2.24, 2.45) is 0 Å². The SMILES string of the molecule is CC1(C)c2ccccc2-c2ccc(N(c3ccc4c5ccccc5n(-c5cc6cccc(-c7ccc8c(c7)-c7ccccc7C8(c7ccccc7)c7ccccc7)c6c6ccccc56)c4c3)c3cccc4ccccc34)cc21. The third kappa shape index (κ3) is 6.26. The van der Waals surface area contributed by atoms with E-state index in [-0.39, 0.29) is 5.41 Å². The van der Waals surface area contributed by atoms with Crippen LogP contribution in [0.5, 0.6) is 0 Å². The molecule has 0 amide bonds. The lowest BCUT2D eigenvalue weighted by molar-refractivity contribution is 0.660. The molecule has 78 heavy (non-hydrogen) atoms. The molecule has 2 nitrogen and oxygen atoms in total. The molecule has 16 rings (SSSR count). The quantitative estimate of drug-likeness (QED) is 0.145. The van der Waals surface area contributed by atoms with Crippen LogP contribution in [-0.4, -0.2) is 4.57 Å². The van der Waals surface area contributed by atoms with Crippen molar-refractivity contribution in [3.05, 3.63) is 312 Å². The van der Waals surface area contributed by atoms with E-state index in [0.29, 0.717) is 0 Å². The zero-order valence-corrected chi connectivity index (χ0v) is 43.5. The van der Waals surface area contributed by atoms with E-state index in [0.717, 1.165) is 28.3 Å². The largest absolute Gasteiger partial charge is 0.310 e. The number of aromatic nitrogens is 1. The predicted molar refractivity (Wildman–Crippen MR) is 328 cm³/mol. The second-order valence-electron chi connectivity index (χ2n) is 21.9. The standard InChI is InChI=1S/C76H52N2/c1-75(2)66-35-16-13-29-58(66)60-42-40-54(47-69(60)75)77(70-38-20-22-49-21-9-10-28-56(49)70)55-41-43-63-61-31-15-18-37-71(61)78(73(63)48-55)72-46-51-23-19-34-57(74(51)64-33-12-11-32-62(64)72)50-39-44-68-65(45-50)59-30-14-17-36-67(59)76(68,52-24-5-3-6-25-52)53-26-7-4-8-27-53/h3-48H,1-2H3. The maximum Gasteiger partial charge on any atom is 0.0713 e. The Morgan fingerprint density at radius 2 is 0.872 bits per heavy atom. The Kier molecular flexibility index (Phi) is 9.63. The average molecular weight is 993 g/mol. The highest BCUT2D eigenvalue weighted by molar-refractivity contribution is 6.19. The summed E-state index contributed by atoms with van der Waals surface area (Å²) in [7, 11) is 0. The summed E-state index contributed by atoms with van der Waals surface area (Å²) in [6.07, 6.45) is 0. The van der Waals surface area contributed by atoms with Gasteiger partial charge in [-0.25, -0.2) is 0 Å². The molecule has 0 bridgehead atoms. The molecular weight excluding hydrogens is 941 g/mol. The van der Waals surface area contributed by atoms with Crippen LogP contribution in [0.2, 0.25) is 0 Å². The van der Waals surface area contributed by atoms with E-state index in [1.807, 2.05) is 0 Å². The number of hydrogen-bond donors (Lipinski definition) is 0. The van der Waals surface area contributed by atoms with Crippen LogP contribution in [0.3, 0.4) is 0 Å². The van der Waals surface area contributed by atoms with Crippen LogP contribution in [0, 0.1) is 0 Å². The molecule has 0 atom stereocenters. The highest BCUT2D eigenvalue weighted by atomic mass is 15.1. The fourth-order valence-electron chi connectivity index (χ4n) is 14.2. The normalized spacial score (nSPS) is 13.7.